The first-order valence-corrected chi connectivity index (χ1v) is 14.6. The number of nitrogens with one attached hydrogen (secondary N) is 1. The fourth-order valence-electron chi connectivity index (χ4n) is 5.66. The van der Waals surface area contributed by atoms with Gasteiger partial charge in [-0.15, -0.1) is 0 Å². The lowest BCUT2D eigenvalue weighted by Gasteiger charge is -2.41. The van der Waals surface area contributed by atoms with Crippen LogP contribution in [-0.4, -0.2) is 56.9 Å². The standard InChI is InChI=1S/C29H36IN5O2/c1-5-37-27-11-21(10-22(12-27)23-14-31-33(4)15-23)20(3)32-29(36)28-13-24(7-6-19(28)2)34-16-25-8-9-26(17-34)35(25)18-30/h6-7,10-15,20,25-26H,5,8-9,16-18H2,1-4H3,(H,32,36)/t20-,25-,26+/m1/s1. The summed E-state index contributed by atoms with van der Waals surface area (Å²) in [5, 5.41) is 7.55. The predicted octanol–water partition coefficient (Wildman–Crippen LogP) is 5.33. The zero-order chi connectivity index (χ0) is 26.1. The number of ether oxygens (including phenoxy) is 1. The van der Waals surface area contributed by atoms with E-state index >= 15 is 0 Å². The molecule has 196 valence electrons. The molecule has 1 aromatic heterocycles. The number of carbonyl (C=O) groups excluding carboxylic acids is 1. The van der Waals surface area contributed by atoms with Crippen LogP contribution in [0.2, 0.25) is 0 Å². The zero-order valence-electron chi connectivity index (χ0n) is 22.1. The number of amides is 1. The molecule has 2 fully saturated rings. The van der Waals surface area contributed by atoms with Gasteiger partial charge in [0.1, 0.15) is 5.75 Å². The number of alkyl halides is 1. The summed E-state index contributed by atoms with van der Waals surface area (Å²) in [4.78, 5) is 18.6. The molecule has 7 nitrogen and oxygen atoms in total. The third-order valence-corrected chi connectivity index (χ3v) is 8.52. The highest BCUT2D eigenvalue weighted by atomic mass is 127. The molecule has 2 bridgehead atoms. The summed E-state index contributed by atoms with van der Waals surface area (Å²) in [6.45, 7) is 8.65. The molecular formula is C29H36IN5O2. The maximum atomic E-state index is 13.5. The Morgan fingerprint density at radius 3 is 2.57 bits per heavy atom. The fraction of sp³-hybridized carbons (Fsp3) is 0.448. The summed E-state index contributed by atoms with van der Waals surface area (Å²) in [7, 11) is 1.91. The van der Waals surface area contributed by atoms with Crippen LogP contribution in [-0.2, 0) is 7.05 Å². The Kier molecular flexibility index (Phi) is 7.76. The summed E-state index contributed by atoms with van der Waals surface area (Å²) >= 11 is 2.49. The van der Waals surface area contributed by atoms with Gasteiger partial charge in [-0.05, 0) is 80.6 Å². The van der Waals surface area contributed by atoms with Crippen LogP contribution in [0.1, 0.15) is 54.2 Å². The second-order valence-corrected chi connectivity index (χ2v) is 10.9. The Labute approximate surface area is 233 Å². The van der Waals surface area contributed by atoms with E-state index in [9.17, 15) is 4.79 Å². The molecule has 2 aliphatic rings. The van der Waals surface area contributed by atoms with Gasteiger partial charge in [0, 0.05) is 55.2 Å². The molecule has 0 aliphatic carbocycles. The highest BCUT2D eigenvalue weighted by Gasteiger charge is 2.39. The van der Waals surface area contributed by atoms with Gasteiger partial charge in [-0.2, -0.15) is 5.10 Å². The summed E-state index contributed by atoms with van der Waals surface area (Å²) in [6.07, 6.45) is 6.36. The number of fused-ring (bicyclic) bond motifs is 2. The number of hydrogen-bond acceptors (Lipinski definition) is 5. The van der Waals surface area contributed by atoms with Crippen molar-refractivity contribution in [1.29, 1.82) is 0 Å². The molecule has 0 unspecified atom stereocenters. The van der Waals surface area contributed by atoms with Crippen molar-refractivity contribution in [1.82, 2.24) is 20.0 Å². The maximum Gasteiger partial charge on any atom is 0.252 e. The quantitative estimate of drug-likeness (QED) is 0.212. The van der Waals surface area contributed by atoms with Crippen LogP contribution in [0.25, 0.3) is 11.1 Å². The van der Waals surface area contributed by atoms with E-state index < -0.39 is 0 Å². The molecule has 0 spiro atoms. The molecule has 3 aromatic rings. The van der Waals surface area contributed by atoms with Gasteiger partial charge in [-0.25, -0.2) is 0 Å². The third kappa shape index (κ3) is 5.50. The highest BCUT2D eigenvalue weighted by molar-refractivity contribution is 14.1. The van der Waals surface area contributed by atoms with E-state index in [2.05, 4.69) is 67.1 Å². The zero-order valence-corrected chi connectivity index (χ0v) is 24.2. The van der Waals surface area contributed by atoms with Gasteiger partial charge in [0.05, 0.1) is 23.4 Å². The van der Waals surface area contributed by atoms with Crippen LogP contribution in [0, 0.1) is 6.92 Å². The molecule has 37 heavy (non-hydrogen) atoms. The Bertz CT molecular complexity index is 1260. The van der Waals surface area contributed by atoms with E-state index in [1.807, 2.05) is 52.3 Å². The number of nitrogens with zero attached hydrogens (tertiary/aromatic N) is 4. The van der Waals surface area contributed by atoms with Crippen LogP contribution >= 0.6 is 22.6 Å². The van der Waals surface area contributed by atoms with Gasteiger partial charge < -0.3 is 15.0 Å². The minimum Gasteiger partial charge on any atom is -0.494 e. The molecule has 1 amide bonds. The topological polar surface area (TPSA) is 62.6 Å². The van der Waals surface area contributed by atoms with Gasteiger partial charge in [-0.3, -0.25) is 14.4 Å². The average Bonchev–Trinajstić information content (AvgIpc) is 3.43. The van der Waals surface area contributed by atoms with Crippen molar-refractivity contribution in [3.8, 4) is 16.9 Å². The van der Waals surface area contributed by atoms with Gasteiger partial charge in [0.2, 0.25) is 0 Å². The number of carbonyl (C=O) groups is 1. The second kappa shape index (κ2) is 11.0. The number of piperazine rings is 1. The second-order valence-electron chi connectivity index (χ2n) is 10.2. The van der Waals surface area contributed by atoms with Crippen molar-refractivity contribution >= 4 is 34.2 Å². The van der Waals surface area contributed by atoms with Crippen molar-refractivity contribution in [2.24, 2.45) is 7.05 Å². The van der Waals surface area contributed by atoms with E-state index in [1.165, 1.54) is 12.8 Å². The summed E-state index contributed by atoms with van der Waals surface area (Å²) in [6, 6.07) is 13.5. The first-order valence-electron chi connectivity index (χ1n) is 13.1. The fourth-order valence-corrected chi connectivity index (χ4v) is 6.78. The Hall–Kier alpha value is -2.59. The predicted molar refractivity (Wildman–Crippen MR) is 157 cm³/mol. The van der Waals surface area contributed by atoms with Crippen LogP contribution in [0.15, 0.2) is 48.8 Å². The van der Waals surface area contributed by atoms with Crippen LogP contribution in [0.4, 0.5) is 5.69 Å². The van der Waals surface area contributed by atoms with E-state index in [0.717, 1.165) is 56.9 Å². The minimum absolute atomic E-state index is 0.0505. The number of benzene rings is 2. The summed E-state index contributed by atoms with van der Waals surface area (Å²) in [5.41, 5.74) is 5.91. The summed E-state index contributed by atoms with van der Waals surface area (Å²) < 4.78 is 8.72. The minimum atomic E-state index is -0.186. The van der Waals surface area contributed by atoms with Crippen molar-refractivity contribution in [3.63, 3.8) is 0 Å². The van der Waals surface area contributed by atoms with E-state index in [4.69, 9.17) is 4.74 Å². The molecule has 1 N–H and O–H groups in total. The Morgan fingerprint density at radius 2 is 1.92 bits per heavy atom. The maximum absolute atomic E-state index is 13.5. The first-order chi connectivity index (χ1) is 17.9. The van der Waals surface area contributed by atoms with Crippen LogP contribution in [0.3, 0.4) is 0 Å². The molecule has 0 saturated carbocycles. The molecular weight excluding hydrogens is 577 g/mol. The molecule has 2 aliphatic heterocycles. The number of aromatic nitrogens is 2. The van der Waals surface area contributed by atoms with Gasteiger partial charge in [-0.1, -0.05) is 28.7 Å². The number of rotatable bonds is 8. The molecule has 3 heterocycles. The molecule has 3 atom stereocenters. The lowest BCUT2D eigenvalue weighted by molar-refractivity contribution is 0.0939. The van der Waals surface area contributed by atoms with Crippen molar-refractivity contribution in [2.45, 2.75) is 51.7 Å². The van der Waals surface area contributed by atoms with Crippen molar-refractivity contribution in [2.75, 3.05) is 29.1 Å². The highest BCUT2D eigenvalue weighted by Crippen LogP contribution is 2.34. The number of halogens is 1. The van der Waals surface area contributed by atoms with E-state index in [-0.39, 0.29) is 11.9 Å². The van der Waals surface area contributed by atoms with Crippen molar-refractivity contribution < 1.29 is 9.53 Å². The Balaban J connectivity index is 1.35. The first kappa shape index (κ1) is 26.0. The third-order valence-electron chi connectivity index (χ3n) is 7.73. The van der Waals surface area contributed by atoms with E-state index in [1.54, 1.807) is 4.68 Å². The van der Waals surface area contributed by atoms with Crippen LogP contribution < -0.4 is 15.0 Å². The lowest BCUT2D eigenvalue weighted by Crippen LogP contribution is -2.53. The molecule has 2 aromatic carbocycles. The lowest BCUT2D eigenvalue weighted by atomic mass is 10.0. The smallest absolute Gasteiger partial charge is 0.252 e. The number of hydrogen-bond donors (Lipinski definition) is 1. The molecule has 0 radical (unpaired) electrons. The van der Waals surface area contributed by atoms with Gasteiger partial charge in [0.15, 0.2) is 0 Å². The number of aryl methyl sites for hydroxylation is 2. The monoisotopic (exact) mass is 613 g/mol. The van der Waals surface area contributed by atoms with Gasteiger partial charge in [0.25, 0.3) is 5.91 Å². The van der Waals surface area contributed by atoms with E-state index in [0.29, 0.717) is 18.7 Å². The molecule has 5 rings (SSSR count). The van der Waals surface area contributed by atoms with Gasteiger partial charge >= 0.3 is 0 Å². The average molecular weight is 614 g/mol. The number of anilines is 1. The summed E-state index contributed by atoms with van der Waals surface area (Å²) in [5.74, 6) is 0.740. The SMILES string of the molecule is CCOc1cc(-c2cnn(C)c2)cc([C@@H](C)NC(=O)c2cc(N3C[C@H]4CC[C@@H](C3)N4CI)ccc2C)c1. The molecule has 2 saturated heterocycles. The van der Waals surface area contributed by atoms with Crippen LogP contribution in [0.5, 0.6) is 5.75 Å². The molecule has 8 heteroatoms. The Morgan fingerprint density at radius 1 is 1.16 bits per heavy atom. The van der Waals surface area contributed by atoms with Crippen molar-refractivity contribution in [3.05, 3.63) is 65.5 Å². The largest absolute Gasteiger partial charge is 0.494 e. The normalized spacial score (nSPS) is 20.2.